The third-order valence-electron chi connectivity index (χ3n) is 4.09. The molecule has 2 N–H and O–H groups in total. The van der Waals surface area contributed by atoms with Crippen LogP contribution in [0.25, 0.3) is 0 Å². The predicted molar refractivity (Wildman–Crippen MR) is 97.8 cm³/mol. The van der Waals surface area contributed by atoms with Crippen molar-refractivity contribution in [3.63, 3.8) is 0 Å². The highest BCUT2D eigenvalue weighted by atomic mass is 16.5. The van der Waals surface area contributed by atoms with Crippen LogP contribution in [0, 0.1) is 0 Å². The van der Waals surface area contributed by atoms with Gasteiger partial charge >= 0.3 is 5.97 Å². The normalized spacial score (nSPS) is 14.0. The average molecular weight is 362 g/mol. The Labute approximate surface area is 153 Å². The summed E-state index contributed by atoms with van der Waals surface area (Å²) in [5.41, 5.74) is 1.11. The molecular weight excluding hydrogens is 336 g/mol. The maximum Gasteiger partial charge on any atom is 0.337 e. The summed E-state index contributed by atoms with van der Waals surface area (Å²) in [6, 6.07) is 7.22. The molecule has 0 bridgehead atoms. The minimum Gasteiger partial charge on any atom is -0.494 e. The molecule has 0 radical (unpaired) electrons. The number of hydrogen-bond donors (Lipinski definition) is 2. The molecule has 0 aliphatic carbocycles. The molecule has 26 heavy (non-hydrogen) atoms. The zero-order chi connectivity index (χ0) is 18.9. The van der Waals surface area contributed by atoms with E-state index < -0.39 is 5.97 Å². The summed E-state index contributed by atoms with van der Waals surface area (Å²) in [6.45, 7) is 2.93. The first-order chi connectivity index (χ1) is 12.6. The van der Waals surface area contributed by atoms with Gasteiger partial charge in [0, 0.05) is 12.2 Å². The van der Waals surface area contributed by atoms with E-state index in [1.807, 2.05) is 12.1 Å². The number of carbonyl (C=O) groups is 2. The van der Waals surface area contributed by atoms with Gasteiger partial charge < -0.3 is 24.8 Å². The highest BCUT2D eigenvalue weighted by Crippen LogP contribution is 2.24. The highest BCUT2D eigenvalue weighted by molar-refractivity contribution is 6.08. The van der Waals surface area contributed by atoms with Crippen LogP contribution in [0.5, 0.6) is 5.75 Å². The van der Waals surface area contributed by atoms with Crippen LogP contribution in [0.3, 0.4) is 0 Å². The first kappa shape index (κ1) is 19.8. The van der Waals surface area contributed by atoms with Crippen molar-refractivity contribution in [2.75, 3.05) is 38.7 Å². The molecular formula is C19H26N2O5. The monoisotopic (exact) mass is 362 g/mol. The molecule has 1 aromatic carbocycles. The number of ether oxygens (including phenoxy) is 2. The molecule has 0 aromatic heterocycles. The Bertz CT molecular complexity index is 654. The molecule has 1 aliphatic rings. The number of nitrogens with zero attached hydrogens (tertiary/aromatic N) is 1. The van der Waals surface area contributed by atoms with Crippen molar-refractivity contribution in [2.24, 2.45) is 0 Å². The zero-order valence-electron chi connectivity index (χ0n) is 15.3. The number of amides is 1. The number of nitrogens with one attached hydrogen (secondary N) is 1. The summed E-state index contributed by atoms with van der Waals surface area (Å²) >= 11 is 0. The number of methoxy groups -OCH3 is 1. The van der Waals surface area contributed by atoms with Crippen molar-refractivity contribution >= 4 is 17.6 Å². The van der Waals surface area contributed by atoms with Gasteiger partial charge in [0.1, 0.15) is 11.4 Å². The number of unbranched alkanes of at least 4 members (excludes halogenated alkanes) is 2. The van der Waals surface area contributed by atoms with Gasteiger partial charge in [-0.05, 0) is 30.7 Å². The van der Waals surface area contributed by atoms with E-state index in [0.29, 0.717) is 12.3 Å². The van der Waals surface area contributed by atoms with E-state index in [-0.39, 0.29) is 36.9 Å². The number of esters is 1. The molecule has 0 spiro atoms. The maximum atomic E-state index is 12.5. The molecule has 0 unspecified atom stereocenters. The fourth-order valence-electron chi connectivity index (χ4n) is 2.67. The Morgan fingerprint density at radius 3 is 2.62 bits per heavy atom. The number of rotatable bonds is 10. The average Bonchev–Trinajstić information content (AvgIpc) is 2.96. The first-order valence-electron chi connectivity index (χ1n) is 8.82. The number of β-amino-alcohol motifs (C(OH)–C–C–N with tert-alkyl or cyclic N) is 1. The van der Waals surface area contributed by atoms with E-state index in [1.54, 1.807) is 12.1 Å². The second-order valence-electron chi connectivity index (χ2n) is 6.00. The van der Waals surface area contributed by atoms with Crippen LogP contribution in [-0.2, 0) is 14.3 Å². The summed E-state index contributed by atoms with van der Waals surface area (Å²) in [6.07, 6.45) is 3.29. The van der Waals surface area contributed by atoms with Crippen LogP contribution in [0.1, 0.15) is 26.2 Å². The molecule has 7 heteroatoms. The van der Waals surface area contributed by atoms with Gasteiger partial charge in [-0.15, -0.1) is 0 Å². The van der Waals surface area contributed by atoms with Crippen molar-refractivity contribution in [1.29, 1.82) is 0 Å². The molecule has 0 fully saturated rings. The number of carbonyl (C=O) groups excluding carboxylic acids is 2. The lowest BCUT2D eigenvalue weighted by molar-refractivity contribution is -0.136. The Hall–Kier alpha value is -2.54. The smallest absolute Gasteiger partial charge is 0.337 e. The number of benzene rings is 1. The maximum absolute atomic E-state index is 12.5. The van der Waals surface area contributed by atoms with E-state index >= 15 is 0 Å². The molecule has 2 rings (SSSR count). The summed E-state index contributed by atoms with van der Waals surface area (Å²) in [4.78, 5) is 25.8. The van der Waals surface area contributed by atoms with Crippen molar-refractivity contribution in [3.05, 3.63) is 35.5 Å². The van der Waals surface area contributed by atoms with Crippen molar-refractivity contribution < 1.29 is 24.2 Å². The Morgan fingerprint density at radius 2 is 2.00 bits per heavy atom. The lowest BCUT2D eigenvalue weighted by Crippen LogP contribution is -2.31. The van der Waals surface area contributed by atoms with Crippen LogP contribution in [0.2, 0.25) is 0 Å². The van der Waals surface area contributed by atoms with Crippen LogP contribution in [0.15, 0.2) is 35.5 Å². The Balaban J connectivity index is 2.06. The third-order valence-corrected chi connectivity index (χ3v) is 4.09. The minimum absolute atomic E-state index is 0.118. The van der Waals surface area contributed by atoms with Crippen molar-refractivity contribution in [2.45, 2.75) is 26.2 Å². The van der Waals surface area contributed by atoms with Gasteiger partial charge in [0.25, 0.3) is 5.91 Å². The Kier molecular flexibility index (Phi) is 7.47. The lowest BCUT2D eigenvalue weighted by atomic mass is 10.2. The van der Waals surface area contributed by atoms with E-state index in [4.69, 9.17) is 14.6 Å². The van der Waals surface area contributed by atoms with Gasteiger partial charge in [0.2, 0.25) is 0 Å². The number of aliphatic hydroxyl groups is 1. The minimum atomic E-state index is -0.558. The predicted octanol–water partition coefficient (Wildman–Crippen LogP) is 1.93. The number of aliphatic hydroxyl groups excluding tert-OH is 1. The standard InChI is InChI=1S/C19H26N2O5/c1-3-4-5-12-26-15-8-6-14(7-9-15)20-17-16(19(24)25-2)13-21(10-11-22)18(17)23/h6-9,20,22H,3-5,10-13H2,1-2H3. The van der Waals surface area contributed by atoms with Crippen LogP contribution >= 0.6 is 0 Å². The summed E-state index contributed by atoms with van der Waals surface area (Å²) < 4.78 is 10.4. The molecule has 1 heterocycles. The quantitative estimate of drug-likeness (QED) is 0.488. The van der Waals surface area contributed by atoms with Crippen molar-refractivity contribution in [1.82, 2.24) is 4.90 Å². The lowest BCUT2D eigenvalue weighted by Gasteiger charge is -2.15. The van der Waals surface area contributed by atoms with E-state index in [1.165, 1.54) is 12.0 Å². The molecule has 1 aromatic rings. The van der Waals surface area contributed by atoms with E-state index in [0.717, 1.165) is 25.0 Å². The summed E-state index contributed by atoms with van der Waals surface area (Å²) in [5.74, 6) is -0.134. The van der Waals surface area contributed by atoms with Crippen LogP contribution < -0.4 is 10.1 Å². The first-order valence-corrected chi connectivity index (χ1v) is 8.82. The van der Waals surface area contributed by atoms with Gasteiger partial charge in [-0.2, -0.15) is 0 Å². The highest BCUT2D eigenvalue weighted by Gasteiger charge is 2.34. The molecule has 142 valence electrons. The van der Waals surface area contributed by atoms with Crippen LogP contribution in [-0.4, -0.2) is 55.3 Å². The largest absolute Gasteiger partial charge is 0.494 e. The number of anilines is 1. The molecule has 7 nitrogen and oxygen atoms in total. The fraction of sp³-hybridized carbons (Fsp3) is 0.474. The molecule has 1 amide bonds. The van der Waals surface area contributed by atoms with E-state index in [9.17, 15) is 9.59 Å². The summed E-state index contributed by atoms with van der Waals surface area (Å²) in [5, 5.41) is 12.1. The summed E-state index contributed by atoms with van der Waals surface area (Å²) in [7, 11) is 1.27. The Morgan fingerprint density at radius 1 is 1.27 bits per heavy atom. The zero-order valence-corrected chi connectivity index (χ0v) is 15.3. The second-order valence-corrected chi connectivity index (χ2v) is 6.00. The van der Waals surface area contributed by atoms with Crippen LogP contribution in [0.4, 0.5) is 5.69 Å². The van der Waals surface area contributed by atoms with Gasteiger partial charge in [0.15, 0.2) is 0 Å². The number of hydrogen-bond acceptors (Lipinski definition) is 6. The SMILES string of the molecule is CCCCCOc1ccc(NC2=C(C(=O)OC)CN(CCO)C2=O)cc1. The van der Waals surface area contributed by atoms with Gasteiger partial charge in [-0.1, -0.05) is 19.8 Å². The topological polar surface area (TPSA) is 88.1 Å². The van der Waals surface area contributed by atoms with E-state index in [2.05, 4.69) is 12.2 Å². The fourth-order valence-corrected chi connectivity index (χ4v) is 2.67. The second kappa shape index (κ2) is 9.82. The third kappa shape index (κ3) is 4.98. The molecule has 0 saturated heterocycles. The van der Waals surface area contributed by atoms with Crippen molar-refractivity contribution in [3.8, 4) is 5.75 Å². The van der Waals surface area contributed by atoms with Gasteiger partial charge in [0.05, 0.1) is 32.4 Å². The van der Waals surface area contributed by atoms with Gasteiger partial charge in [-0.25, -0.2) is 4.79 Å². The molecule has 1 aliphatic heterocycles. The molecule has 0 atom stereocenters. The molecule has 0 saturated carbocycles. The van der Waals surface area contributed by atoms with Gasteiger partial charge in [-0.3, -0.25) is 4.79 Å².